The molecule has 0 unspecified atom stereocenters. The summed E-state index contributed by atoms with van der Waals surface area (Å²) >= 11 is 1.55. The highest BCUT2D eigenvalue weighted by Gasteiger charge is 2.00. The van der Waals surface area contributed by atoms with Crippen LogP contribution in [0.4, 0.5) is 0 Å². The molecule has 19 heavy (non-hydrogen) atoms. The first-order chi connectivity index (χ1) is 9.25. The van der Waals surface area contributed by atoms with Crippen molar-refractivity contribution in [3.05, 3.63) is 64.4 Å². The molecular formula is C15H13NO2S. The van der Waals surface area contributed by atoms with Crippen molar-refractivity contribution in [1.29, 1.82) is 0 Å². The maximum Gasteiger partial charge on any atom is 0.358 e. The fourth-order valence-corrected chi connectivity index (χ4v) is 2.07. The van der Waals surface area contributed by atoms with Gasteiger partial charge in [-0.15, -0.1) is 11.3 Å². The molecule has 3 nitrogen and oxygen atoms in total. The summed E-state index contributed by atoms with van der Waals surface area (Å²) in [6.45, 7) is 1.81. The molecule has 96 valence electrons. The van der Waals surface area contributed by atoms with Crippen molar-refractivity contribution < 1.29 is 9.63 Å². The zero-order chi connectivity index (χ0) is 13.5. The molecule has 0 aliphatic heterocycles. The first-order valence-electron chi connectivity index (χ1n) is 5.78. The van der Waals surface area contributed by atoms with Gasteiger partial charge in [0.25, 0.3) is 0 Å². The number of carbonyl (C=O) groups excluding carboxylic acids is 1. The first-order valence-corrected chi connectivity index (χ1v) is 6.66. The minimum Gasteiger partial charge on any atom is -0.313 e. The Kier molecular flexibility index (Phi) is 4.64. The van der Waals surface area contributed by atoms with Crippen LogP contribution in [0, 0.1) is 0 Å². The monoisotopic (exact) mass is 271 g/mol. The summed E-state index contributed by atoms with van der Waals surface area (Å²) in [5.41, 5.74) is 1.63. The van der Waals surface area contributed by atoms with E-state index in [0.29, 0.717) is 5.71 Å². The standard InChI is InChI=1S/C15H13NO2S/c1-12(14-8-5-11-19-14)16-18-15(17)10-9-13-6-3-2-4-7-13/h2-11H,1H3/b10-9+,16-12+. The average molecular weight is 271 g/mol. The molecule has 2 aromatic rings. The minimum atomic E-state index is -0.486. The Morgan fingerprint density at radius 1 is 1.21 bits per heavy atom. The van der Waals surface area contributed by atoms with Crippen LogP contribution in [-0.2, 0) is 9.63 Å². The number of hydrogen-bond acceptors (Lipinski definition) is 4. The smallest absolute Gasteiger partial charge is 0.313 e. The molecule has 1 aromatic heterocycles. The number of benzene rings is 1. The SMILES string of the molecule is C/C(=N\OC(=O)/C=C/c1ccccc1)c1cccs1. The number of carbonyl (C=O) groups is 1. The molecule has 0 spiro atoms. The third kappa shape index (κ3) is 4.19. The van der Waals surface area contributed by atoms with Gasteiger partial charge in [-0.2, -0.15) is 0 Å². The molecule has 0 fully saturated rings. The van der Waals surface area contributed by atoms with E-state index in [-0.39, 0.29) is 0 Å². The van der Waals surface area contributed by atoms with Crippen LogP contribution in [0.25, 0.3) is 6.08 Å². The normalized spacial score (nSPS) is 11.7. The van der Waals surface area contributed by atoms with Gasteiger partial charge in [-0.25, -0.2) is 4.79 Å². The largest absolute Gasteiger partial charge is 0.358 e. The number of hydrogen-bond donors (Lipinski definition) is 0. The van der Waals surface area contributed by atoms with Crippen LogP contribution < -0.4 is 0 Å². The van der Waals surface area contributed by atoms with Crippen LogP contribution in [0.1, 0.15) is 17.4 Å². The zero-order valence-electron chi connectivity index (χ0n) is 10.4. The van der Waals surface area contributed by atoms with Gasteiger partial charge in [0.1, 0.15) is 0 Å². The van der Waals surface area contributed by atoms with Gasteiger partial charge in [-0.3, -0.25) is 0 Å². The maximum absolute atomic E-state index is 11.5. The minimum absolute atomic E-state index is 0.486. The van der Waals surface area contributed by atoms with Gasteiger partial charge in [-0.05, 0) is 30.0 Å². The Morgan fingerprint density at radius 2 is 2.00 bits per heavy atom. The third-order valence-corrected chi connectivity index (χ3v) is 3.34. The molecule has 0 aliphatic carbocycles. The highest BCUT2D eigenvalue weighted by Crippen LogP contribution is 2.10. The van der Waals surface area contributed by atoms with Crippen LogP contribution in [0.15, 0.2) is 59.1 Å². The lowest BCUT2D eigenvalue weighted by Crippen LogP contribution is -1.98. The summed E-state index contributed by atoms with van der Waals surface area (Å²) in [7, 11) is 0. The van der Waals surface area contributed by atoms with Crippen molar-refractivity contribution in [3.63, 3.8) is 0 Å². The van der Waals surface area contributed by atoms with E-state index < -0.39 is 5.97 Å². The summed E-state index contributed by atoms with van der Waals surface area (Å²) in [5.74, 6) is -0.486. The Bertz CT molecular complexity index is 586. The van der Waals surface area contributed by atoms with Crippen LogP contribution >= 0.6 is 11.3 Å². The van der Waals surface area contributed by atoms with Crippen LogP contribution in [0.5, 0.6) is 0 Å². The van der Waals surface area contributed by atoms with Gasteiger partial charge in [0.05, 0.1) is 10.6 Å². The Hall–Kier alpha value is -2.20. The predicted octanol–water partition coefficient (Wildman–Crippen LogP) is 3.73. The van der Waals surface area contributed by atoms with Gasteiger partial charge in [0.15, 0.2) is 0 Å². The van der Waals surface area contributed by atoms with E-state index in [1.165, 1.54) is 6.08 Å². The van der Waals surface area contributed by atoms with E-state index in [1.807, 2.05) is 47.8 Å². The van der Waals surface area contributed by atoms with Gasteiger partial charge in [0, 0.05) is 6.08 Å². The van der Waals surface area contributed by atoms with Crippen LogP contribution in [0.3, 0.4) is 0 Å². The molecule has 0 aliphatic rings. The summed E-state index contributed by atoms with van der Waals surface area (Å²) in [6.07, 6.45) is 3.05. The second-order valence-electron chi connectivity index (χ2n) is 3.81. The van der Waals surface area contributed by atoms with Crippen molar-refractivity contribution >= 4 is 29.1 Å². The average Bonchev–Trinajstić information content (AvgIpc) is 2.98. The molecule has 0 amide bonds. The molecule has 0 saturated carbocycles. The Morgan fingerprint density at radius 3 is 2.68 bits per heavy atom. The fourth-order valence-electron chi connectivity index (χ4n) is 1.40. The summed E-state index contributed by atoms with van der Waals surface area (Å²) in [6, 6.07) is 13.4. The zero-order valence-corrected chi connectivity index (χ0v) is 11.3. The lowest BCUT2D eigenvalue weighted by molar-refractivity contribution is -0.137. The molecule has 0 N–H and O–H groups in total. The lowest BCUT2D eigenvalue weighted by Gasteiger charge is -1.95. The molecule has 2 rings (SSSR count). The van der Waals surface area contributed by atoms with E-state index in [4.69, 9.17) is 4.84 Å². The molecule has 0 radical (unpaired) electrons. The highest BCUT2D eigenvalue weighted by molar-refractivity contribution is 7.12. The second kappa shape index (κ2) is 6.66. The van der Waals surface area contributed by atoms with E-state index >= 15 is 0 Å². The van der Waals surface area contributed by atoms with E-state index in [0.717, 1.165) is 10.4 Å². The Balaban J connectivity index is 1.92. The van der Waals surface area contributed by atoms with Crippen molar-refractivity contribution in [2.24, 2.45) is 5.16 Å². The predicted molar refractivity (Wildman–Crippen MR) is 78.1 cm³/mol. The van der Waals surface area contributed by atoms with E-state index in [2.05, 4.69) is 5.16 Å². The first kappa shape index (κ1) is 13.2. The second-order valence-corrected chi connectivity index (χ2v) is 4.76. The molecule has 0 atom stereocenters. The van der Waals surface area contributed by atoms with Crippen LogP contribution in [0.2, 0.25) is 0 Å². The molecule has 4 heteroatoms. The third-order valence-electron chi connectivity index (χ3n) is 2.36. The summed E-state index contributed by atoms with van der Waals surface area (Å²) in [4.78, 5) is 17.3. The molecule has 1 aromatic carbocycles. The topological polar surface area (TPSA) is 38.7 Å². The van der Waals surface area contributed by atoms with E-state index in [1.54, 1.807) is 24.3 Å². The lowest BCUT2D eigenvalue weighted by atomic mass is 10.2. The number of oxime groups is 1. The van der Waals surface area contributed by atoms with Gasteiger partial charge in [0.2, 0.25) is 0 Å². The van der Waals surface area contributed by atoms with E-state index in [9.17, 15) is 4.79 Å². The fraction of sp³-hybridized carbons (Fsp3) is 0.0667. The highest BCUT2D eigenvalue weighted by atomic mass is 32.1. The summed E-state index contributed by atoms with van der Waals surface area (Å²) in [5, 5.41) is 5.75. The van der Waals surface area contributed by atoms with Gasteiger partial charge >= 0.3 is 5.97 Å². The molecule has 0 saturated heterocycles. The van der Waals surface area contributed by atoms with Crippen molar-refractivity contribution in [3.8, 4) is 0 Å². The van der Waals surface area contributed by atoms with Crippen molar-refractivity contribution in [2.45, 2.75) is 6.92 Å². The Labute approximate surface area is 115 Å². The van der Waals surface area contributed by atoms with Crippen molar-refractivity contribution in [1.82, 2.24) is 0 Å². The molecule has 0 bridgehead atoms. The van der Waals surface area contributed by atoms with Gasteiger partial charge < -0.3 is 4.84 Å². The summed E-state index contributed by atoms with van der Waals surface area (Å²) < 4.78 is 0. The van der Waals surface area contributed by atoms with Crippen LogP contribution in [-0.4, -0.2) is 11.7 Å². The number of nitrogens with zero attached hydrogens (tertiary/aromatic N) is 1. The van der Waals surface area contributed by atoms with Crippen molar-refractivity contribution in [2.75, 3.05) is 0 Å². The quantitative estimate of drug-likeness (QED) is 0.368. The number of thiophene rings is 1. The molecular weight excluding hydrogens is 258 g/mol. The van der Waals surface area contributed by atoms with Gasteiger partial charge in [-0.1, -0.05) is 41.6 Å². The molecule has 1 heterocycles. The maximum atomic E-state index is 11.5. The number of rotatable bonds is 4.